The van der Waals surface area contributed by atoms with Gasteiger partial charge in [-0.05, 0) is 30.0 Å². The summed E-state index contributed by atoms with van der Waals surface area (Å²) in [5.74, 6) is -0.0965. The van der Waals surface area contributed by atoms with Crippen LogP contribution in [0.25, 0.3) is 11.1 Å². The van der Waals surface area contributed by atoms with E-state index in [0.717, 1.165) is 18.4 Å². The van der Waals surface area contributed by atoms with Crippen LogP contribution in [0.5, 0.6) is 0 Å². The van der Waals surface area contributed by atoms with Crippen LogP contribution in [-0.4, -0.2) is 5.97 Å². The molecule has 0 aliphatic rings. The molecule has 0 radical (unpaired) electrons. The van der Waals surface area contributed by atoms with E-state index in [0.29, 0.717) is 6.42 Å². The van der Waals surface area contributed by atoms with Crippen LogP contribution in [-0.2, 0) is 9.53 Å². The Morgan fingerprint density at radius 3 is 2.22 bits per heavy atom. The highest BCUT2D eigenvalue weighted by Crippen LogP contribution is 2.23. The van der Waals surface area contributed by atoms with Crippen molar-refractivity contribution in [2.45, 2.75) is 52.1 Å². The van der Waals surface area contributed by atoms with Gasteiger partial charge in [-0.3, -0.25) is 4.79 Å². The van der Waals surface area contributed by atoms with E-state index in [1.54, 1.807) is 0 Å². The number of carbonyl (C=O) groups is 1. The lowest BCUT2D eigenvalue weighted by Crippen LogP contribution is -2.08. The molecular formula is C21H26O2. The van der Waals surface area contributed by atoms with Crippen LogP contribution in [0.4, 0.5) is 0 Å². The van der Waals surface area contributed by atoms with E-state index in [4.69, 9.17) is 4.74 Å². The average Bonchev–Trinajstić information content (AvgIpc) is 2.59. The zero-order valence-electron chi connectivity index (χ0n) is 14.1. The zero-order chi connectivity index (χ0) is 16.5. The molecule has 0 saturated heterocycles. The van der Waals surface area contributed by atoms with Crippen LogP contribution >= 0.6 is 0 Å². The molecule has 2 aromatic rings. The second kappa shape index (κ2) is 9.14. The summed E-state index contributed by atoms with van der Waals surface area (Å²) in [4.78, 5) is 11.9. The van der Waals surface area contributed by atoms with Crippen LogP contribution < -0.4 is 0 Å². The average molecular weight is 310 g/mol. The molecular weight excluding hydrogens is 284 g/mol. The first-order chi connectivity index (χ1) is 11.2. The number of ether oxygens (including phenoxy) is 1. The van der Waals surface area contributed by atoms with Gasteiger partial charge in [-0.15, -0.1) is 0 Å². The van der Waals surface area contributed by atoms with Crippen molar-refractivity contribution in [3.63, 3.8) is 0 Å². The van der Waals surface area contributed by atoms with Gasteiger partial charge in [0.1, 0.15) is 6.10 Å². The molecule has 2 rings (SSSR count). The predicted molar refractivity (Wildman–Crippen MR) is 95.1 cm³/mol. The molecule has 0 spiro atoms. The van der Waals surface area contributed by atoms with E-state index in [2.05, 4.69) is 31.2 Å². The smallest absolute Gasteiger partial charge is 0.306 e. The van der Waals surface area contributed by atoms with Gasteiger partial charge in [-0.1, -0.05) is 80.8 Å². The first kappa shape index (κ1) is 17.3. The van der Waals surface area contributed by atoms with Crippen molar-refractivity contribution < 1.29 is 9.53 Å². The standard InChI is InChI=1S/C21H26O2/c1-3-4-5-9-12-21(22)23-17(2)18-13-15-20(16-14-18)19-10-7-6-8-11-19/h6-8,10-11,13-17H,3-5,9,12H2,1-2H3. The number of carbonyl (C=O) groups excluding carboxylic acids is 1. The van der Waals surface area contributed by atoms with E-state index in [1.165, 1.54) is 24.0 Å². The van der Waals surface area contributed by atoms with Crippen molar-refractivity contribution >= 4 is 5.97 Å². The third kappa shape index (κ3) is 5.55. The minimum absolute atomic E-state index is 0.0965. The van der Waals surface area contributed by atoms with Gasteiger partial charge >= 0.3 is 5.97 Å². The van der Waals surface area contributed by atoms with Gasteiger partial charge in [-0.2, -0.15) is 0 Å². The second-order valence-electron chi connectivity index (χ2n) is 5.93. The molecule has 23 heavy (non-hydrogen) atoms. The van der Waals surface area contributed by atoms with E-state index in [9.17, 15) is 4.79 Å². The second-order valence-corrected chi connectivity index (χ2v) is 5.93. The number of rotatable bonds is 8. The van der Waals surface area contributed by atoms with Crippen LogP contribution in [0.15, 0.2) is 54.6 Å². The molecule has 122 valence electrons. The van der Waals surface area contributed by atoms with Crippen molar-refractivity contribution in [1.82, 2.24) is 0 Å². The molecule has 0 heterocycles. The highest BCUT2D eigenvalue weighted by Gasteiger charge is 2.11. The van der Waals surface area contributed by atoms with Crippen molar-refractivity contribution in [1.29, 1.82) is 0 Å². The lowest BCUT2D eigenvalue weighted by atomic mass is 10.0. The van der Waals surface area contributed by atoms with Crippen LogP contribution in [0, 0.1) is 0 Å². The van der Waals surface area contributed by atoms with Crippen LogP contribution in [0.1, 0.15) is 57.6 Å². The van der Waals surface area contributed by atoms with E-state index in [1.807, 2.05) is 37.3 Å². The minimum Gasteiger partial charge on any atom is -0.458 e. The van der Waals surface area contributed by atoms with E-state index >= 15 is 0 Å². The zero-order valence-corrected chi connectivity index (χ0v) is 14.1. The first-order valence-electron chi connectivity index (χ1n) is 8.55. The Bertz CT molecular complexity index is 587. The molecule has 0 aliphatic heterocycles. The van der Waals surface area contributed by atoms with E-state index < -0.39 is 0 Å². The Kier molecular flexibility index (Phi) is 6.86. The van der Waals surface area contributed by atoms with Crippen LogP contribution in [0.3, 0.4) is 0 Å². The minimum atomic E-state index is -0.196. The van der Waals surface area contributed by atoms with Crippen molar-refractivity contribution in [2.75, 3.05) is 0 Å². The lowest BCUT2D eigenvalue weighted by molar-refractivity contribution is -0.148. The molecule has 2 heteroatoms. The molecule has 0 fully saturated rings. The Labute approximate surface area is 139 Å². The summed E-state index contributed by atoms with van der Waals surface area (Å²) in [6.45, 7) is 4.10. The number of benzene rings is 2. The van der Waals surface area contributed by atoms with Crippen molar-refractivity contribution in [3.05, 3.63) is 60.2 Å². The van der Waals surface area contributed by atoms with Crippen molar-refractivity contribution in [2.24, 2.45) is 0 Å². The maximum absolute atomic E-state index is 11.9. The predicted octanol–water partition coefficient (Wildman–Crippen LogP) is 5.93. The number of esters is 1. The summed E-state index contributed by atoms with van der Waals surface area (Å²) in [6.07, 6.45) is 4.71. The SMILES string of the molecule is CCCCCCC(=O)OC(C)c1ccc(-c2ccccc2)cc1. The van der Waals surface area contributed by atoms with Crippen molar-refractivity contribution in [3.8, 4) is 11.1 Å². The third-order valence-corrected chi connectivity index (χ3v) is 4.03. The lowest BCUT2D eigenvalue weighted by Gasteiger charge is -2.14. The summed E-state index contributed by atoms with van der Waals surface area (Å²) in [5.41, 5.74) is 3.40. The summed E-state index contributed by atoms with van der Waals surface area (Å²) in [5, 5.41) is 0. The highest BCUT2D eigenvalue weighted by molar-refractivity contribution is 5.69. The number of hydrogen-bond donors (Lipinski definition) is 0. The summed E-state index contributed by atoms with van der Waals surface area (Å²) < 4.78 is 5.52. The Hall–Kier alpha value is -2.09. The summed E-state index contributed by atoms with van der Waals surface area (Å²) in [7, 11) is 0. The first-order valence-corrected chi connectivity index (χ1v) is 8.55. The molecule has 0 amide bonds. The maximum atomic E-state index is 11.9. The summed E-state index contributed by atoms with van der Waals surface area (Å²) >= 11 is 0. The Morgan fingerprint density at radius 2 is 1.57 bits per heavy atom. The van der Waals surface area contributed by atoms with Gasteiger partial charge in [0.15, 0.2) is 0 Å². The highest BCUT2D eigenvalue weighted by atomic mass is 16.5. The Balaban J connectivity index is 1.87. The number of hydrogen-bond acceptors (Lipinski definition) is 2. The topological polar surface area (TPSA) is 26.3 Å². The molecule has 0 bridgehead atoms. The fraction of sp³-hybridized carbons (Fsp3) is 0.381. The van der Waals surface area contributed by atoms with Crippen LogP contribution in [0.2, 0.25) is 0 Å². The molecule has 2 nitrogen and oxygen atoms in total. The largest absolute Gasteiger partial charge is 0.458 e. The van der Waals surface area contributed by atoms with Gasteiger partial charge in [0.25, 0.3) is 0 Å². The van der Waals surface area contributed by atoms with Gasteiger partial charge in [0.05, 0.1) is 0 Å². The molecule has 0 saturated carbocycles. The fourth-order valence-electron chi connectivity index (χ4n) is 2.60. The molecule has 0 N–H and O–H groups in total. The normalized spacial score (nSPS) is 11.9. The molecule has 1 unspecified atom stereocenters. The van der Waals surface area contributed by atoms with Gasteiger partial charge in [-0.25, -0.2) is 0 Å². The summed E-state index contributed by atoms with van der Waals surface area (Å²) in [6, 6.07) is 18.5. The monoisotopic (exact) mass is 310 g/mol. The van der Waals surface area contributed by atoms with Gasteiger partial charge in [0, 0.05) is 6.42 Å². The van der Waals surface area contributed by atoms with Gasteiger partial charge in [0.2, 0.25) is 0 Å². The molecule has 2 aromatic carbocycles. The molecule has 0 aliphatic carbocycles. The fourth-order valence-corrected chi connectivity index (χ4v) is 2.60. The molecule has 1 atom stereocenters. The third-order valence-electron chi connectivity index (χ3n) is 4.03. The maximum Gasteiger partial charge on any atom is 0.306 e. The van der Waals surface area contributed by atoms with E-state index in [-0.39, 0.29) is 12.1 Å². The molecule has 0 aromatic heterocycles. The Morgan fingerprint density at radius 1 is 0.913 bits per heavy atom. The van der Waals surface area contributed by atoms with Gasteiger partial charge < -0.3 is 4.74 Å². The quantitative estimate of drug-likeness (QED) is 0.446. The number of unbranched alkanes of at least 4 members (excludes halogenated alkanes) is 3.